The second kappa shape index (κ2) is 2.33. The first-order valence-corrected chi connectivity index (χ1v) is 2.70. The van der Waals surface area contributed by atoms with Crippen LogP contribution in [0.15, 0.2) is 9.59 Å². The molecule has 0 amide bonds. The number of H-pyrrole nitrogens is 1. The fraction of sp³-hybridized carbons (Fsp3) is 0.500. The molecular weight excluding hydrogens is 160 g/mol. The lowest BCUT2D eigenvalue weighted by Gasteiger charge is -2.00. The Kier molecular flexibility index (Phi) is 1.63. The van der Waals surface area contributed by atoms with Crippen molar-refractivity contribution in [3.63, 3.8) is 0 Å². The second-order valence-electron chi connectivity index (χ2n) is 1.88. The van der Waals surface area contributed by atoms with E-state index in [-0.39, 0.29) is 4.68 Å². The van der Waals surface area contributed by atoms with Crippen molar-refractivity contribution < 1.29 is 8.78 Å². The van der Waals surface area contributed by atoms with E-state index < -0.39 is 17.9 Å². The van der Waals surface area contributed by atoms with E-state index in [2.05, 4.69) is 0 Å². The summed E-state index contributed by atoms with van der Waals surface area (Å²) >= 11 is 0. The highest BCUT2D eigenvalue weighted by Gasteiger charge is 2.13. The summed E-state index contributed by atoms with van der Waals surface area (Å²) in [7, 11) is 1.08. The van der Waals surface area contributed by atoms with E-state index in [9.17, 15) is 18.4 Å². The molecule has 62 valence electrons. The molecule has 11 heavy (non-hydrogen) atoms. The minimum atomic E-state index is -2.99. The van der Waals surface area contributed by atoms with Crippen molar-refractivity contribution >= 4 is 0 Å². The topological polar surface area (TPSA) is 59.8 Å². The summed E-state index contributed by atoms with van der Waals surface area (Å²) in [6.45, 7) is -2.99. The Labute approximate surface area is 58.9 Å². The Hall–Kier alpha value is -1.40. The minimum Gasteiger partial charge on any atom is -0.256 e. The summed E-state index contributed by atoms with van der Waals surface area (Å²) < 4.78 is 24.3. The van der Waals surface area contributed by atoms with Gasteiger partial charge in [0.1, 0.15) is 0 Å². The van der Waals surface area contributed by atoms with Gasteiger partial charge in [0.2, 0.25) is 0 Å². The third-order valence-electron chi connectivity index (χ3n) is 1.22. The molecule has 1 heterocycles. The van der Waals surface area contributed by atoms with E-state index in [0.29, 0.717) is 4.68 Å². The maximum absolute atomic E-state index is 11.9. The third kappa shape index (κ3) is 1.08. The van der Waals surface area contributed by atoms with Gasteiger partial charge in [-0.15, -0.1) is 0 Å². The van der Waals surface area contributed by atoms with Gasteiger partial charge in [0.05, 0.1) is 0 Å². The summed E-state index contributed by atoms with van der Waals surface area (Å²) in [5.74, 6) is 0. The molecule has 1 aromatic rings. The molecular formula is C4H5F2N3O2. The third-order valence-corrected chi connectivity index (χ3v) is 1.22. The Balaban J connectivity index is 3.47. The number of rotatable bonds is 1. The normalized spacial score (nSPS) is 10.9. The molecule has 0 saturated carbocycles. The van der Waals surface area contributed by atoms with Crippen molar-refractivity contribution in [2.75, 3.05) is 0 Å². The second-order valence-corrected chi connectivity index (χ2v) is 1.88. The fourth-order valence-corrected chi connectivity index (χ4v) is 0.683. The van der Waals surface area contributed by atoms with E-state index in [1.807, 2.05) is 0 Å². The lowest BCUT2D eigenvalue weighted by molar-refractivity contribution is 0.0404. The van der Waals surface area contributed by atoms with Crippen molar-refractivity contribution in [2.24, 2.45) is 7.05 Å². The molecule has 0 bridgehead atoms. The average molecular weight is 165 g/mol. The standard InChI is InChI=1S/C4H5F2N3O2/c1-8-3(10)7-4(11)9(8)2(5)6/h2H,1H3,(H,7,10,11). The maximum atomic E-state index is 11.9. The van der Waals surface area contributed by atoms with Gasteiger partial charge >= 0.3 is 17.9 Å². The van der Waals surface area contributed by atoms with Gasteiger partial charge in [-0.3, -0.25) is 4.98 Å². The van der Waals surface area contributed by atoms with Crippen LogP contribution in [-0.2, 0) is 7.05 Å². The van der Waals surface area contributed by atoms with E-state index in [1.54, 1.807) is 4.98 Å². The smallest absolute Gasteiger partial charge is 0.256 e. The van der Waals surface area contributed by atoms with Gasteiger partial charge in [-0.25, -0.2) is 14.3 Å². The van der Waals surface area contributed by atoms with Crippen molar-refractivity contribution in [1.82, 2.24) is 14.3 Å². The molecule has 0 aromatic carbocycles. The van der Waals surface area contributed by atoms with Crippen LogP contribution >= 0.6 is 0 Å². The summed E-state index contributed by atoms with van der Waals surface area (Å²) in [5, 5.41) is 0. The molecule has 0 unspecified atom stereocenters. The monoisotopic (exact) mass is 165 g/mol. The number of aromatic amines is 1. The Morgan fingerprint density at radius 1 is 1.36 bits per heavy atom. The lowest BCUT2D eigenvalue weighted by Crippen LogP contribution is -2.24. The molecule has 1 N–H and O–H groups in total. The van der Waals surface area contributed by atoms with Crippen LogP contribution in [0.4, 0.5) is 8.78 Å². The molecule has 0 saturated heterocycles. The van der Waals surface area contributed by atoms with Crippen molar-refractivity contribution in [3.8, 4) is 0 Å². The van der Waals surface area contributed by atoms with E-state index >= 15 is 0 Å². The number of nitrogens with one attached hydrogen (secondary N) is 1. The SMILES string of the molecule is Cn1c(=O)[nH]c(=O)n1C(F)F. The molecule has 0 aliphatic carbocycles. The predicted molar refractivity (Wildman–Crippen MR) is 31.5 cm³/mol. The molecule has 0 aliphatic heterocycles. The van der Waals surface area contributed by atoms with Crippen LogP contribution < -0.4 is 11.4 Å². The van der Waals surface area contributed by atoms with Crippen molar-refractivity contribution in [3.05, 3.63) is 21.0 Å². The van der Waals surface area contributed by atoms with Gasteiger partial charge in [-0.05, 0) is 0 Å². The minimum absolute atomic E-state index is 0.0301. The van der Waals surface area contributed by atoms with Crippen molar-refractivity contribution in [2.45, 2.75) is 6.55 Å². The number of nitrogens with zero attached hydrogens (tertiary/aromatic N) is 2. The van der Waals surface area contributed by atoms with Crippen molar-refractivity contribution in [1.29, 1.82) is 0 Å². The van der Waals surface area contributed by atoms with Crippen LogP contribution in [0, 0.1) is 0 Å². The Morgan fingerprint density at radius 2 is 1.91 bits per heavy atom. The summed E-state index contributed by atoms with van der Waals surface area (Å²) in [4.78, 5) is 22.7. The number of hydrogen-bond acceptors (Lipinski definition) is 2. The van der Waals surface area contributed by atoms with Gasteiger partial charge < -0.3 is 0 Å². The van der Waals surface area contributed by atoms with Crippen LogP contribution in [0.3, 0.4) is 0 Å². The zero-order chi connectivity index (χ0) is 8.59. The van der Waals surface area contributed by atoms with E-state index in [4.69, 9.17) is 0 Å². The molecule has 1 rings (SSSR count). The van der Waals surface area contributed by atoms with Gasteiger partial charge in [0.15, 0.2) is 0 Å². The van der Waals surface area contributed by atoms with E-state index in [1.165, 1.54) is 0 Å². The molecule has 5 nitrogen and oxygen atoms in total. The van der Waals surface area contributed by atoms with Crippen LogP contribution in [0.1, 0.15) is 6.55 Å². The Morgan fingerprint density at radius 3 is 2.09 bits per heavy atom. The molecule has 0 aliphatic rings. The molecule has 1 aromatic heterocycles. The first kappa shape index (κ1) is 7.70. The van der Waals surface area contributed by atoms with E-state index in [0.717, 1.165) is 7.05 Å². The highest BCUT2D eigenvalue weighted by Crippen LogP contribution is 2.02. The number of aromatic nitrogens is 3. The lowest BCUT2D eigenvalue weighted by atomic mass is 11.1. The molecule has 7 heteroatoms. The largest absolute Gasteiger partial charge is 0.349 e. The first-order valence-electron chi connectivity index (χ1n) is 2.70. The van der Waals surface area contributed by atoms with Gasteiger partial charge in [-0.1, -0.05) is 0 Å². The van der Waals surface area contributed by atoms with Crippen LogP contribution in [0.25, 0.3) is 0 Å². The molecule has 0 radical (unpaired) electrons. The molecule has 0 atom stereocenters. The van der Waals surface area contributed by atoms with Crippen LogP contribution in [0.5, 0.6) is 0 Å². The van der Waals surface area contributed by atoms with Crippen LogP contribution in [-0.4, -0.2) is 14.3 Å². The Bertz CT molecular complexity index is 360. The maximum Gasteiger partial charge on any atom is 0.349 e. The quantitative estimate of drug-likeness (QED) is 0.596. The van der Waals surface area contributed by atoms with Gasteiger partial charge in [0, 0.05) is 7.05 Å². The number of hydrogen-bond donors (Lipinski definition) is 1. The molecule has 0 spiro atoms. The fourth-order valence-electron chi connectivity index (χ4n) is 0.683. The highest BCUT2D eigenvalue weighted by atomic mass is 19.3. The predicted octanol–water partition coefficient (Wildman–Crippen LogP) is -0.730. The van der Waals surface area contributed by atoms with Gasteiger partial charge in [0.25, 0.3) is 0 Å². The summed E-state index contributed by atoms with van der Waals surface area (Å²) in [5.41, 5.74) is -1.96. The average Bonchev–Trinajstić information content (AvgIpc) is 2.07. The highest BCUT2D eigenvalue weighted by molar-refractivity contribution is 4.65. The van der Waals surface area contributed by atoms with Crippen LogP contribution in [0.2, 0.25) is 0 Å². The summed E-state index contributed by atoms with van der Waals surface area (Å²) in [6, 6.07) is 0. The zero-order valence-corrected chi connectivity index (χ0v) is 5.54. The number of halogens is 2. The number of alkyl halides is 2. The van der Waals surface area contributed by atoms with Gasteiger partial charge in [-0.2, -0.15) is 13.5 Å². The first-order chi connectivity index (χ1) is 5.04. The molecule has 0 fully saturated rings. The summed E-state index contributed by atoms with van der Waals surface area (Å²) in [6.07, 6.45) is 0. The zero-order valence-electron chi connectivity index (χ0n) is 5.54.